The zero-order chi connectivity index (χ0) is 10.6. The van der Waals surface area contributed by atoms with Crippen molar-refractivity contribution >= 4 is 34.6 Å². The van der Waals surface area contributed by atoms with Crippen LogP contribution < -0.4 is 22.5 Å². The predicted octanol–water partition coefficient (Wildman–Crippen LogP) is -0.752. The minimum absolute atomic E-state index is 0.0493. The van der Waals surface area contributed by atoms with Gasteiger partial charge in [-0.2, -0.15) is 0 Å². The number of aromatic nitrogens is 1. The lowest BCUT2D eigenvalue weighted by Gasteiger charge is -2.11. The third kappa shape index (κ3) is 3.15. The molecule has 0 bridgehead atoms. The normalized spacial score (nSPS) is 11.7. The summed E-state index contributed by atoms with van der Waals surface area (Å²) in [5.74, 6) is -0.0493. The first-order chi connectivity index (χ1) is 6.59. The summed E-state index contributed by atoms with van der Waals surface area (Å²) in [6.07, 6.45) is -0.510. The van der Waals surface area contributed by atoms with Crippen LogP contribution in [0.3, 0.4) is 0 Å². The number of thiocarbonyl (C=S) groups is 1. The van der Waals surface area contributed by atoms with Gasteiger partial charge < -0.3 is 22.5 Å². The van der Waals surface area contributed by atoms with Gasteiger partial charge in [-0.3, -0.25) is 0 Å². The summed E-state index contributed by atoms with van der Waals surface area (Å²) in [5.41, 5.74) is 18.2. The third-order valence-electron chi connectivity index (χ3n) is 1.29. The lowest BCUT2D eigenvalue weighted by molar-refractivity contribution is 0.666. The molecule has 0 aliphatic heterocycles. The SMILES string of the molecule is NC(=S)NC(N=C(N)N)c1cscn1. The van der Waals surface area contributed by atoms with Gasteiger partial charge in [0.25, 0.3) is 0 Å². The molecule has 8 heteroatoms. The van der Waals surface area contributed by atoms with E-state index in [0.717, 1.165) is 0 Å². The Kier molecular flexibility index (Phi) is 3.60. The van der Waals surface area contributed by atoms with E-state index in [0.29, 0.717) is 5.69 Å². The van der Waals surface area contributed by atoms with Gasteiger partial charge in [0.1, 0.15) is 0 Å². The average Bonchev–Trinajstić information content (AvgIpc) is 2.52. The molecule has 7 N–H and O–H groups in total. The number of aliphatic imine (C=N–C) groups is 1. The monoisotopic (exact) mass is 230 g/mol. The van der Waals surface area contributed by atoms with E-state index in [-0.39, 0.29) is 11.1 Å². The number of hydrogen-bond donors (Lipinski definition) is 4. The van der Waals surface area contributed by atoms with Gasteiger partial charge in [-0.15, -0.1) is 11.3 Å². The van der Waals surface area contributed by atoms with Crippen molar-refractivity contribution in [3.63, 3.8) is 0 Å². The number of thiazole rings is 1. The number of nitrogens with one attached hydrogen (secondary N) is 1. The molecule has 0 amide bonds. The molecule has 0 radical (unpaired) electrons. The third-order valence-corrected chi connectivity index (χ3v) is 2.01. The summed E-state index contributed by atoms with van der Waals surface area (Å²) in [6.45, 7) is 0. The first-order valence-electron chi connectivity index (χ1n) is 3.62. The zero-order valence-corrected chi connectivity index (χ0v) is 8.81. The topological polar surface area (TPSA) is 115 Å². The molecule has 76 valence electrons. The zero-order valence-electron chi connectivity index (χ0n) is 7.18. The van der Waals surface area contributed by atoms with E-state index in [2.05, 4.69) is 27.5 Å². The van der Waals surface area contributed by atoms with Crippen molar-refractivity contribution in [1.82, 2.24) is 10.3 Å². The molecular weight excluding hydrogens is 220 g/mol. The summed E-state index contributed by atoms with van der Waals surface area (Å²) in [4.78, 5) is 7.94. The van der Waals surface area contributed by atoms with Gasteiger partial charge in [-0.1, -0.05) is 0 Å². The molecule has 1 aromatic heterocycles. The fraction of sp³-hybridized carbons (Fsp3) is 0.167. The van der Waals surface area contributed by atoms with E-state index in [9.17, 15) is 0 Å². The molecule has 0 aromatic carbocycles. The van der Waals surface area contributed by atoms with Gasteiger partial charge in [0, 0.05) is 5.38 Å². The molecule has 1 atom stereocenters. The maximum atomic E-state index is 5.32. The number of guanidine groups is 1. The number of rotatable bonds is 3. The highest BCUT2D eigenvalue weighted by atomic mass is 32.1. The second-order valence-corrected chi connectivity index (χ2v) is 3.54. The van der Waals surface area contributed by atoms with Crippen LogP contribution in [0.25, 0.3) is 0 Å². The Labute approximate surface area is 90.2 Å². The molecule has 0 aliphatic carbocycles. The van der Waals surface area contributed by atoms with Crippen LogP contribution in [0.15, 0.2) is 15.9 Å². The molecule has 14 heavy (non-hydrogen) atoms. The molecule has 0 fully saturated rings. The van der Waals surface area contributed by atoms with Gasteiger partial charge >= 0.3 is 0 Å². The largest absolute Gasteiger partial charge is 0.376 e. The minimum Gasteiger partial charge on any atom is -0.376 e. The predicted molar refractivity (Wildman–Crippen MR) is 60.6 cm³/mol. The quantitative estimate of drug-likeness (QED) is 0.308. The Morgan fingerprint density at radius 3 is 2.71 bits per heavy atom. The van der Waals surface area contributed by atoms with Crippen molar-refractivity contribution in [2.45, 2.75) is 6.17 Å². The number of nitrogens with zero attached hydrogens (tertiary/aromatic N) is 2. The smallest absolute Gasteiger partial charge is 0.188 e. The minimum atomic E-state index is -0.510. The molecule has 6 nitrogen and oxygen atoms in total. The van der Waals surface area contributed by atoms with E-state index < -0.39 is 6.17 Å². The highest BCUT2D eigenvalue weighted by Crippen LogP contribution is 2.13. The summed E-state index contributed by atoms with van der Waals surface area (Å²) in [5, 5.41) is 4.65. The van der Waals surface area contributed by atoms with E-state index in [1.165, 1.54) is 11.3 Å². The van der Waals surface area contributed by atoms with E-state index in [1.807, 2.05) is 5.38 Å². The molecule has 1 unspecified atom stereocenters. The van der Waals surface area contributed by atoms with E-state index in [4.69, 9.17) is 17.2 Å². The Morgan fingerprint density at radius 1 is 1.57 bits per heavy atom. The van der Waals surface area contributed by atoms with Crippen LogP contribution in [0.5, 0.6) is 0 Å². The fourth-order valence-electron chi connectivity index (χ4n) is 0.813. The summed E-state index contributed by atoms with van der Waals surface area (Å²) < 4.78 is 0. The van der Waals surface area contributed by atoms with E-state index >= 15 is 0 Å². The average molecular weight is 230 g/mol. The molecule has 1 heterocycles. The van der Waals surface area contributed by atoms with Gasteiger partial charge in [-0.25, -0.2) is 9.98 Å². The van der Waals surface area contributed by atoms with Crippen molar-refractivity contribution in [3.8, 4) is 0 Å². The Balaban J connectivity index is 2.83. The van der Waals surface area contributed by atoms with Crippen LogP contribution in [0.4, 0.5) is 0 Å². The molecular formula is C6H10N6S2. The summed E-state index contributed by atoms with van der Waals surface area (Å²) in [7, 11) is 0. The summed E-state index contributed by atoms with van der Waals surface area (Å²) in [6, 6.07) is 0. The maximum Gasteiger partial charge on any atom is 0.188 e. The number of nitrogens with two attached hydrogens (primary N) is 3. The molecule has 1 aromatic rings. The summed E-state index contributed by atoms with van der Waals surface area (Å²) >= 11 is 6.13. The Morgan fingerprint density at radius 2 is 2.29 bits per heavy atom. The van der Waals surface area contributed by atoms with Crippen LogP contribution in [0.2, 0.25) is 0 Å². The van der Waals surface area contributed by atoms with Crippen molar-refractivity contribution in [2.75, 3.05) is 0 Å². The van der Waals surface area contributed by atoms with Crippen LogP contribution in [-0.2, 0) is 0 Å². The highest BCUT2D eigenvalue weighted by Gasteiger charge is 2.11. The van der Waals surface area contributed by atoms with Gasteiger partial charge in [0.2, 0.25) is 0 Å². The highest BCUT2D eigenvalue weighted by molar-refractivity contribution is 7.80. The molecule has 0 saturated carbocycles. The van der Waals surface area contributed by atoms with Gasteiger partial charge in [0.05, 0.1) is 11.2 Å². The van der Waals surface area contributed by atoms with Crippen LogP contribution in [0, 0.1) is 0 Å². The lowest BCUT2D eigenvalue weighted by Crippen LogP contribution is -2.34. The second kappa shape index (κ2) is 4.72. The van der Waals surface area contributed by atoms with Crippen molar-refractivity contribution < 1.29 is 0 Å². The molecule has 1 rings (SSSR count). The standard InChI is InChI=1S/C6H10N6S2/c7-5(8)11-4(12-6(9)13)3-1-14-2-10-3/h1-2,4H,(H4,7,8,11)(H3,9,12,13). The maximum absolute atomic E-state index is 5.32. The van der Waals surface area contributed by atoms with Gasteiger partial charge in [0.15, 0.2) is 17.2 Å². The first-order valence-corrected chi connectivity index (χ1v) is 4.97. The first kappa shape index (κ1) is 10.7. The Hall–Kier alpha value is -1.41. The molecule has 0 saturated heterocycles. The van der Waals surface area contributed by atoms with Crippen molar-refractivity contribution in [2.24, 2.45) is 22.2 Å². The van der Waals surface area contributed by atoms with Crippen LogP contribution in [-0.4, -0.2) is 16.1 Å². The molecule has 0 aliphatic rings. The van der Waals surface area contributed by atoms with Crippen LogP contribution in [0.1, 0.15) is 11.9 Å². The number of hydrogen-bond acceptors (Lipinski definition) is 4. The molecule has 0 spiro atoms. The Bertz CT molecular complexity index is 328. The lowest BCUT2D eigenvalue weighted by atomic mass is 10.4. The van der Waals surface area contributed by atoms with Gasteiger partial charge in [-0.05, 0) is 12.2 Å². The van der Waals surface area contributed by atoms with Crippen molar-refractivity contribution in [1.29, 1.82) is 0 Å². The van der Waals surface area contributed by atoms with Crippen molar-refractivity contribution in [3.05, 3.63) is 16.6 Å². The second-order valence-electron chi connectivity index (χ2n) is 2.38. The van der Waals surface area contributed by atoms with E-state index in [1.54, 1.807) is 5.51 Å². The fourth-order valence-corrected chi connectivity index (χ4v) is 1.50. The van der Waals surface area contributed by atoms with Crippen LogP contribution >= 0.6 is 23.6 Å².